The fourth-order valence-electron chi connectivity index (χ4n) is 4.02. The van der Waals surface area contributed by atoms with Gasteiger partial charge in [-0.15, -0.1) is 0 Å². The van der Waals surface area contributed by atoms with Crippen LogP contribution in [0.15, 0.2) is 60.7 Å². The third kappa shape index (κ3) is 3.06. The number of nitrogens with one attached hydrogen (secondary N) is 1. The maximum atomic E-state index is 5.56. The maximum absolute atomic E-state index is 5.56. The minimum Gasteiger partial charge on any atom is -0.378 e. The molecule has 28 heavy (non-hydrogen) atoms. The SMILES string of the molecule is C[n+]1c(/C=C/c2cc3ccccc3[nH]2)cc(N2CCOCC2)c2ccccc21. The number of hydrogen-bond acceptors (Lipinski definition) is 2. The second-order valence-corrected chi connectivity index (χ2v) is 7.28. The number of pyridine rings is 1. The van der Waals surface area contributed by atoms with Gasteiger partial charge in [-0.05, 0) is 29.7 Å². The number of rotatable bonds is 3. The van der Waals surface area contributed by atoms with Crippen molar-refractivity contribution in [3.63, 3.8) is 0 Å². The molecule has 0 aliphatic carbocycles. The molecule has 1 saturated heterocycles. The van der Waals surface area contributed by atoms with E-state index in [4.69, 9.17) is 4.74 Å². The molecule has 4 aromatic rings. The minimum absolute atomic E-state index is 0.787. The summed E-state index contributed by atoms with van der Waals surface area (Å²) in [7, 11) is 2.14. The summed E-state index contributed by atoms with van der Waals surface area (Å²) < 4.78 is 7.82. The topological polar surface area (TPSA) is 32.1 Å². The van der Waals surface area contributed by atoms with Crippen molar-refractivity contribution < 1.29 is 9.30 Å². The number of benzene rings is 2. The molecule has 5 rings (SSSR count). The minimum atomic E-state index is 0.787. The van der Waals surface area contributed by atoms with E-state index in [1.807, 2.05) is 0 Å². The van der Waals surface area contributed by atoms with Gasteiger partial charge in [-0.3, -0.25) is 0 Å². The zero-order valence-electron chi connectivity index (χ0n) is 16.1. The Bertz CT molecular complexity index is 1140. The van der Waals surface area contributed by atoms with Crippen LogP contribution >= 0.6 is 0 Å². The molecule has 3 heterocycles. The molecule has 1 fully saturated rings. The molecule has 0 saturated carbocycles. The highest BCUT2D eigenvalue weighted by Gasteiger charge is 2.20. The molecule has 0 radical (unpaired) electrons. The van der Waals surface area contributed by atoms with E-state index in [9.17, 15) is 0 Å². The molecule has 2 aromatic heterocycles. The number of para-hydroxylation sites is 2. The van der Waals surface area contributed by atoms with Crippen LogP contribution in [0.2, 0.25) is 0 Å². The van der Waals surface area contributed by atoms with Crippen LogP contribution in [0, 0.1) is 0 Å². The lowest BCUT2D eigenvalue weighted by atomic mass is 10.1. The fraction of sp³-hybridized carbons (Fsp3) is 0.208. The van der Waals surface area contributed by atoms with Crippen LogP contribution in [-0.2, 0) is 11.8 Å². The van der Waals surface area contributed by atoms with Crippen LogP contribution in [0.4, 0.5) is 5.69 Å². The van der Waals surface area contributed by atoms with Crippen molar-refractivity contribution in [1.82, 2.24) is 4.98 Å². The largest absolute Gasteiger partial charge is 0.378 e. The number of anilines is 1. The van der Waals surface area contributed by atoms with Crippen molar-refractivity contribution in [1.29, 1.82) is 0 Å². The molecule has 1 aliphatic rings. The van der Waals surface area contributed by atoms with Crippen LogP contribution < -0.4 is 9.47 Å². The van der Waals surface area contributed by atoms with Crippen LogP contribution in [0.25, 0.3) is 34.0 Å². The first-order valence-electron chi connectivity index (χ1n) is 9.80. The number of ether oxygens (including phenoxy) is 1. The molecule has 0 spiro atoms. The number of H-pyrrole nitrogens is 1. The zero-order valence-corrected chi connectivity index (χ0v) is 16.1. The smallest absolute Gasteiger partial charge is 0.214 e. The average molecular weight is 370 g/mol. The molecule has 4 heteroatoms. The van der Waals surface area contributed by atoms with Gasteiger partial charge in [-0.2, -0.15) is 4.57 Å². The predicted octanol–water partition coefficient (Wildman–Crippen LogP) is 4.15. The zero-order chi connectivity index (χ0) is 18.9. The molecular weight excluding hydrogens is 346 g/mol. The molecule has 2 aromatic carbocycles. The summed E-state index contributed by atoms with van der Waals surface area (Å²) in [6, 6.07) is 21.5. The quantitative estimate of drug-likeness (QED) is 0.550. The molecule has 0 amide bonds. The van der Waals surface area contributed by atoms with Gasteiger partial charge in [0.15, 0.2) is 0 Å². The van der Waals surface area contributed by atoms with Gasteiger partial charge in [0, 0.05) is 42.5 Å². The maximum Gasteiger partial charge on any atom is 0.214 e. The Hall–Kier alpha value is -3.11. The number of aromatic nitrogens is 2. The van der Waals surface area contributed by atoms with Crippen LogP contribution in [-0.4, -0.2) is 31.3 Å². The van der Waals surface area contributed by atoms with Gasteiger partial charge in [0.05, 0.1) is 24.3 Å². The van der Waals surface area contributed by atoms with Crippen molar-refractivity contribution in [3.05, 3.63) is 72.1 Å². The van der Waals surface area contributed by atoms with Gasteiger partial charge in [0.2, 0.25) is 11.2 Å². The van der Waals surface area contributed by atoms with E-state index in [0.29, 0.717) is 0 Å². The molecule has 0 atom stereocenters. The first kappa shape index (κ1) is 17.0. The number of aromatic amines is 1. The normalized spacial score (nSPS) is 15.1. The molecule has 140 valence electrons. The first-order valence-corrected chi connectivity index (χ1v) is 9.80. The summed E-state index contributed by atoms with van der Waals surface area (Å²) in [4.78, 5) is 5.91. The third-order valence-corrected chi connectivity index (χ3v) is 5.55. The van der Waals surface area contributed by atoms with Crippen molar-refractivity contribution in [2.24, 2.45) is 7.05 Å². The lowest BCUT2D eigenvalue weighted by Crippen LogP contribution is -2.38. The average Bonchev–Trinajstić information content (AvgIpc) is 3.17. The summed E-state index contributed by atoms with van der Waals surface area (Å²) in [5.74, 6) is 0. The highest BCUT2D eigenvalue weighted by atomic mass is 16.5. The van der Waals surface area contributed by atoms with Gasteiger partial charge < -0.3 is 14.6 Å². The number of morpholine rings is 1. The van der Waals surface area contributed by atoms with Gasteiger partial charge in [0.25, 0.3) is 0 Å². The Balaban J connectivity index is 1.59. The number of fused-ring (bicyclic) bond motifs is 2. The van der Waals surface area contributed by atoms with E-state index in [1.165, 1.54) is 33.2 Å². The molecular formula is C24H24N3O+. The van der Waals surface area contributed by atoms with Crippen molar-refractivity contribution in [3.8, 4) is 0 Å². The number of aryl methyl sites for hydroxylation is 1. The summed E-state index contributed by atoms with van der Waals surface area (Å²) >= 11 is 0. The first-order chi connectivity index (χ1) is 13.8. The fourth-order valence-corrected chi connectivity index (χ4v) is 4.02. The Morgan fingerprint density at radius 3 is 2.61 bits per heavy atom. The monoisotopic (exact) mass is 370 g/mol. The number of hydrogen-bond donors (Lipinski definition) is 1. The van der Waals surface area contributed by atoms with Crippen LogP contribution in [0.5, 0.6) is 0 Å². The van der Waals surface area contributed by atoms with Gasteiger partial charge in [0.1, 0.15) is 7.05 Å². The molecule has 4 nitrogen and oxygen atoms in total. The Labute approximate surface area is 164 Å². The predicted molar refractivity (Wildman–Crippen MR) is 115 cm³/mol. The molecule has 1 N–H and O–H groups in total. The standard InChI is InChI=1S/C24H23N3O/c1-26-20(11-10-19-16-18-6-2-4-8-22(18)25-19)17-24(27-12-14-28-15-13-27)21-7-3-5-9-23(21)26/h2-11,16-17H,12-15H2,1H3/p+1. The molecule has 1 aliphatic heterocycles. The summed E-state index contributed by atoms with van der Waals surface area (Å²) in [6.45, 7) is 3.44. The Morgan fingerprint density at radius 2 is 1.75 bits per heavy atom. The Kier molecular flexibility index (Phi) is 4.34. The van der Waals surface area contributed by atoms with Gasteiger partial charge in [-0.25, -0.2) is 0 Å². The summed E-state index contributed by atoms with van der Waals surface area (Å²) in [6.07, 6.45) is 4.36. The van der Waals surface area contributed by atoms with Crippen LogP contribution in [0.1, 0.15) is 11.4 Å². The van der Waals surface area contributed by atoms with E-state index in [1.54, 1.807) is 0 Å². The van der Waals surface area contributed by atoms with Crippen molar-refractivity contribution in [2.45, 2.75) is 0 Å². The third-order valence-electron chi connectivity index (χ3n) is 5.55. The van der Waals surface area contributed by atoms with Crippen molar-refractivity contribution in [2.75, 3.05) is 31.2 Å². The van der Waals surface area contributed by atoms with E-state index in [2.05, 4.69) is 94.3 Å². The van der Waals surface area contributed by atoms with Crippen molar-refractivity contribution >= 4 is 39.6 Å². The Morgan fingerprint density at radius 1 is 0.964 bits per heavy atom. The van der Waals surface area contributed by atoms with Gasteiger partial charge in [-0.1, -0.05) is 30.3 Å². The number of nitrogens with zero attached hydrogens (tertiary/aromatic N) is 2. The van der Waals surface area contributed by atoms with E-state index in [-0.39, 0.29) is 0 Å². The summed E-state index contributed by atoms with van der Waals surface area (Å²) in [5, 5.41) is 2.52. The lowest BCUT2D eigenvalue weighted by molar-refractivity contribution is -0.646. The van der Waals surface area contributed by atoms with E-state index < -0.39 is 0 Å². The second kappa shape index (κ2) is 7.13. The second-order valence-electron chi connectivity index (χ2n) is 7.28. The van der Waals surface area contributed by atoms with Gasteiger partial charge >= 0.3 is 0 Å². The summed E-state index contributed by atoms with van der Waals surface area (Å²) in [5.41, 5.74) is 5.98. The molecule has 0 unspecified atom stereocenters. The molecule has 0 bridgehead atoms. The van der Waals surface area contributed by atoms with E-state index in [0.717, 1.165) is 32.0 Å². The highest BCUT2D eigenvalue weighted by molar-refractivity contribution is 5.91. The van der Waals surface area contributed by atoms with E-state index >= 15 is 0 Å². The lowest BCUT2D eigenvalue weighted by Gasteiger charge is -2.29. The highest BCUT2D eigenvalue weighted by Crippen LogP contribution is 2.27. The van der Waals surface area contributed by atoms with Crippen LogP contribution in [0.3, 0.4) is 0 Å².